The molecule has 0 fully saturated rings. The Morgan fingerprint density at radius 2 is 0.627 bits per heavy atom. The highest BCUT2D eigenvalue weighted by atomic mass is 15.0. The molecule has 0 unspecified atom stereocenters. The molecule has 0 spiro atoms. The van der Waals surface area contributed by atoms with Crippen molar-refractivity contribution in [2.24, 2.45) is 0 Å². The maximum absolute atomic E-state index is 2.44. The summed E-state index contributed by atoms with van der Waals surface area (Å²) in [4.78, 5) is 0. The molecule has 3 nitrogen and oxygen atoms in total. The van der Waals surface area contributed by atoms with Gasteiger partial charge in [-0.05, 0) is 77.9 Å². The van der Waals surface area contributed by atoms with Crippen molar-refractivity contribution in [3.05, 3.63) is 188 Å². The first-order valence-electron chi connectivity index (χ1n) is 17.5. The zero-order chi connectivity index (χ0) is 33.5. The summed E-state index contributed by atoms with van der Waals surface area (Å²) in [5.74, 6) is 0. The summed E-state index contributed by atoms with van der Waals surface area (Å²) in [6.45, 7) is 0. The van der Waals surface area contributed by atoms with Gasteiger partial charge in [0.25, 0.3) is 0 Å². The van der Waals surface area contributed by atoms with Crippen LogP contribution in [-0.2, 0) is 0 Å². The van der Waals surface area contributed by atoms with Crippen molar-refractivity contribution in [3.8, 4) is 28.2 Å². The van der Waals surface area contributed by atoms with E-state index in [1.165, 1.54) is 76.5 Å². The van der Waals surface area contributed by atoms with E-state index in [0.29, 0.717) is 0 Å². The third-order valence-electron chi connectivity index (χ3n) is 10.6. The standard InChI is InChI=1S/C48H31N3/c1-3-15-32(16-4-1)49-43-26-12-9-21-39(43)47-37(22-13-27-44(47)49)38-23-14-28-45-48(38)40-30-29-34(31-46(40)50(45)33-17-5-2-6-18-33)51-41-24-10-7-19-35(41)36-20-8-11-25-42(36)51/h1-31H. The summed E-state index contributed by atoms with van der Waals surface area (Å²) >= 11 is 0. The lowest BCUT2D eigenvalue weighted by Crippen LogP contribution is -1.96. The molecule has 0 radical (unpaired) electrons. The fraction of sp³-hybridized carbons (Fsp3) is 0. The Kier molecular flexibility index (Phi) is 5.96. The third kappa shape index (κ3) is 4.00. The molecule has 11 rings (SSSR count). The first-order valence-corrected chi connectivity index (χ1v) is 17.5. The fourth-order valence-electron chi connectivity index (χ4n) is 8.57. The van der Waals surface area contributed by atoms with Gasteiger partial charge in [0.2, 0.25) is 0 Å². The first-order chi connectivity index (χ1) is 25.3. The second kappa shape index (κ2) is 10.8. The van der Waals surface area contributed by atoms with Crippen LogP contribution in [0.4, 0.5) is 0 Å². The highest BCUT2D eigenvalue weighted by Gasteiger charge is 2.21. The largest absolute Gasteiger partial charge is 0.309 e. The average molecular weight is 650 g/mol. The first kappa shape index (κ1) is 28.0. The van der Waals surface area contributed by atoms with E-state index < -0.39 is 0 Å². The quantitative estimate of drug-likeness (QED) is 0.180. The van der Waals surface area contributed by atoms with Crippen LogP contribution in [0.15, 0.2) is 188 Å². The topological polar surface area (TPSA) is 14.8 Å². The molecule has 3 heteroatoms. The van der Waals surface area contributed by atoms with Crippen molar-refractivity contribution in [2.75, 3.05) is 0 Å². The number of hydrogen-bond donors (Lipinski definition) is 0. The van der Waals surface area contributed by atoms with Crippen LogP contribution in [0.2, 0.25) is 0 Å². The Bertz CT molecular complexity index is 3070. The summed E-state index contributed by atoms with van der Waals surface area (Å²) in [5, 5.41) is 7.55. The molecule has 0 aliphatic heterocycles. The van der Waals surface area contributed by atoms with Crippen LogP contribution in [-0.4, -0.2) is 13.7 Å². The minimum Gasteiger partial charge on any atom is -0.309 e. The van der Waals surface area contributed by atoms with Gasteiger partial charge in [0.1, 0.15) is 0 Å². The van der Waals surface area contributed by atoms with Gasteiger partial charge in [0.05, 0.1) is 33.1 Å². The number of hydrogen-bond acceptors (Lipinski definition) is 0. The van der Waals surface area contributed by atoms with Gasteiger partial charge in [-0.1, -0.05) is 121 Å². The van der Waals surface area contributed by atoms with Crippen molar-refractivity contribution in [3.63, 3.8) is 0 Å². The second-order valence-corrected chi connectivity index (χ2v) is 13.3. The molecule has 0 atom stereocenters. The van der Waals surface area contributed by atoms with E-state index in [9.17, 15) is 0 Å². The van der Waals surface area contributed by atoms with E-state index >= 15 is 0 Å². The van der Waals surface area contributed by atoms with Crippen molar-refractivity contribution in [2.45, 2.75) is 0 Å². The van der Waals surface area contributed by atoms with Gasteiger partial charge in [0.15, 0.2) is 0 Å². The van der Waals surface area contributed by atoms with Crippen LogP contribution in [0.3, 0.4) is 0 Å². The SMILES string of the molecule is c1ccc(-n2c3ccccc3c3c(-c4cccc5c4c4ccc(-n6c7ccccc7c7ccccc76)cc4n5-c4ccccc4)cccc32)cc1. The van der Waals surface area contributed by atoms with Gasteiger partial charge in [-0.3, -0.25) is 0 Å². The Balaban J connectivity index is 1.25. The smallest absolute Gasteiger partial charge is 0.0562 e. The molecule has 3 aromatic heterocycles. The Morgan fingerprint density at radius 1 is 0.235 bits per heavy atom. The van der Waals surface area contributed by atoms with Crippen LogP contribution in [0.25, 0.3) is 93.6 Å². The van der Waals surface area contributed by atoms with Crippen LogP contribution >= 0.6 is 0 Å². The molecule has 0 N–H and O–H groups in total. The maximum Gasteiger partial charge on any atom is 0.0562 e. The van der Waals surface area contributed by atoms with Crippen LogP contribution in [0.1, 0.15) is 0 Å². The van der Waals surface area contributed by atoms with E-state index in [2.05, 4.69) is 202 Å². The normalized spacial score (nSPS) is 11.9. The van der Waals surface area contributed by atoms with E-state index in [4.69, 9.17) is 0 Å². The van der Waals surface area contributed by atoms with E-state index in [1.807, 2.05) is 0 Å². The van der Waals surface area contributed by atoms with Crippen LogP contribution in [0.5, 0.6) is 0 Å². The van der Waals surface area contributed by atoms with Crippen LogP contribution in [0, 0.1) is 0 Å². The highest BCUT2D eigenvalue weighted by Crippen LogP contribution is 2.44. The maximum atomic E-state index is 2.44. The minimum absolute atomic E-state index is 1.15. The fourth-order valence-corrected chi connectivity index (χ4v) is 8.57. The number of para-hydroxylation sites is 5. The van der Waals surface area contributed by atoms with Gasteiger partial charge in [0, 0.05) is 49.4 Å². The highest BCUT2D eigenvalue weighted by molar-refractivity contribution is 6.22. The molecular formula is C48H31N3. The molecule has 11 aromatic rings. The van der Waals surface area contributed by atoms with Crippen molar-refractivity contribution in [1.29, 1.82) is 0 Å². The third-order valence-corrected chi connectivity index (χ3v) is 10.6. The Hall–Kier alpha value is -6.84. The lowest BCUT2D eigenvalue weighted by atomic mass is 9.95. The van der Waals surface area contributed by atoms with Crippen molar-refractivity contribution >= 4 is 65.4 Å². The number of fused-ring (bicyclic) bond motifs is 9. The summed E-state index contributed by atoms with van der Waals surface area (Å²) < 4.78 is 7.26. The lowest BCUT2D eigenvalue weighted by molar-refractivity contribution is 1.15. The molecule has 51 heavy (non-hydrogen) atoms. The molecule has 0 aliphatic carbocycles. The molecule has 0 saturated carbocycles. The van der Waals surface area contributed by atoms with Gasteiger partial charge in [-0.15, -0.1) is 0 Å². The lowest BCUT2D eigenvalue weighted by Gasteiger charge is -2.11. The van der Waals surface area contributed by atoms with Gasteiger partial charge >= 0.3 is 0 Å². The van der Waals surface area contributed by atoms with E-state index in [1.54, 1.807) is 0 Å². The molecule has 0 saturated heterocycles. The molecule has 0 aliphatic rings. The second-order valence-electron chi connectivity index (χ2n) is 13.3. The van der Waals surface area contributed by atoms with Crippen molar-refractivity contribution < 1.29 is 0 Å². The van der Waals surface area contributed by atoms with Crippen LogP contribution < -0.4 is 0 Å². The number of aromatic nitrogens is 3. The van der Waals surface area contributed by atoms with Crippen molar-refractivity contribution in [1.82, 2.24) is 13.7 Å². The molecule has 0 amide bonds. The van der Waals surface area contributed by atoms with E-state index in [-0.39, 0.29) is 0 Å². The van der Waals surface area contributed by atoms with Gasteiger partial charge < -0.3 is 13.7 Å². The van der Waals surface area contributed by atoms with E-state index in [0.717, 1.165) is 17.1 Å². The average Bonchev–Trinajstić information content (AvgIpc) is 3.84. The predicted octanol–water partition coefficient (Wildman–Crippen LogP) is 12.6. The predicted molar refractivity (Wildman–Crippen MR) is 215 cm³/mol. The summed E-state index contributed by atoms with van der Waals surface area (Å²) in [7, 11) is 0. The number of benzene rings is 8. The Morgan fingerprint density at radius 3 is 1.18 bits per heavy atom. The number of rotatable bonds is 4. The molecule has 3 heterocycles. The summed E-state index contributed by atoms with van der Waals surface area (Å²) in [5.41, 5.74) is 13.1. The molecule has 0 bridgehead atoms. The zero-order valence-corrected chi connectivity index (χ0v) is 27.7. The summed E-state index contributed by atoms with van der Waals surface area (Å²) in [6, 6.07) is 68.4. The number of nitrogens with zero attached hydrogens (tertiary/aromatic N) is 3. The minimum atomic E-state index is 1.15. The zero-order valence-electron chi connectivity index (χ0n) is 27.7. The molecule has 8 aromatic carbocycles. The summed E-state index contributed by atoms with van der Waals surface area (Å²) in [6.07, 6.45) is 0. The molecule has 238 valence electrons. The van der Waals surface area contributed by atoms with Gasteiger partial charge in [-0.2, -0.15) is 0 Å². The molecular weight excluding hydrogens is 619 g/mol. The monoisotopic (exact) mass is 649 g/mol. The Labute approximate surface area is 294 Å². The van der Waals surface area contributed by atoms with Gasteiger partial charge in [-0.25, -0.2) is 0 Å².